The SMILES string of the molecule is O=C(NC(Sc1nccc(=O)[nH]1)C(Cl)(Cl)Cl)c1ccccc1. The Morgan fingerprint density at radius 3 is 2.50 bits per heavy atom. The molecule has 1 aromatic carbocycles. The fraction of sp³-hybridized carbons (Fsp3) is 0.154. The Morgan fingerprint density at radius 2 is 1.91 bits per heavy atom. The molecule has 0 aliphatic carbocycles. The smallest absolute Gasteiger partial charge is 0.252 e. The summed E-state index contributed by atoms with van der Waals surface area (Å²) in [5, 5.41) is 1.91. The zero-order chi connectivity index (χ0) is 16.2. The van der Waals surface area contributed by atoms with Gasteiger partial charge in [0.1, 0.15) is 5.37 Å². The number of alkyl halides is 3. The molecule has 0 aliphatic heterocycles. The molecule has 2 aromatic rings. The molecular formula is C13H10Cl3N3O2S. The Bertz CT molecular complexity index is 703. The second kappa shape index (κ2) is 7.37. The van der Waals surface area contributed by atoms with E-state index in [4.69, 9.17) is 34.8 Å². The molecular weight excluding hydrogens is 369 g/mol. The largest absolute Gasteiger partial charge is 0.336 e. The molecule has 1 amide bonds. The number of carbonyl (C=O) groups is 1. The van der Waals surface area contributed by atoms with Gasteiger partial charge in [-0.15, -0.1) is 0 Å². The lowest BCUT2D eigenvalue weighted by atomic mass is 10.2. The maximum atomic E-state index is 12.2. The van der Waals surface area contributed by atoms with E-state index in [-0.39, 0.29) is 10.7 Å². The number of nitrogens with zero attached hydrogens (tertiary/aromatic N) is 1. The van der Waals surface area contributed by atoms with E-state index >= 15 is 0 Å². The highest BCUT2D eigenvalue weighted by Gasteiger charge is 2.35. The molecule has 116 valence electrons. The van der Waals surface area contributed by atoms with Gasteiger partial charge in [-0.2, -0.15) is 0 Å². The van der Waals surface area contributed by atoms with Crippen molar-refractivity contribution in [3.8, 4) is 0 Å². The van der Waals surface area contributed by atoms with E-state index in [2.05, 4.69) is 15.3 Å². The molecule has 2 N–H and O–H groups in total. The van der Waals surface area contributed by atoms with Crippen LogP contribution in [-0.2, 0) is 0 Å². The first-order valence-corrected chi connectivity index (χ1v) is 8.02. The minimum atomic E-state index is -1.79. The van der Waals surface area contributed by atoms with E-state index < -0.39 is 15.1 Å². The molecule has 0 saturated heterocycles. The average molecular weight is 379 g/mol. The number of halogens is 3. The summed E-state index contributed by atoms with van der Waals surface area (Å²) in [6, 6.07) is 9.77. The number of aromatic nitrogens is 2. The van der Waals surface area contributed by atoms with Crippen LogP contribution < -0.4 is 10.9 Å². The molecule has 22 heavy (non-hydrogen) atoms. The number of H-pyrrole nitrogens is 1. The molecule has 1 aromatic heterocycles. The minimum Gasteiger partial charge on any atom is -0.336 e. The number of thioether (sulfide) groups is 1. The maximum absolute atomic E-state index is 12.2. The van der Waals surface area contributed by atoms with Crippen molar-refractivity contribution in [2.75, 3.05) is 0 Å². The van der Waals surface area contributed by atoms with Gasteiger partial charge in [-0.1, -0.05) is 64.8 Å². The Hall–Kier alpha value is -1.21. The standard InChI is InChI=1S/C13H10Cl3N3O2S/c14-13(15,16)11(22-12-17-7-6-9(20)18-12)19-10(21)8-4-2-1-3-5-8/h1-7,11H,(H,19,21)(H,17,18,20). The molecule has 0 bridgehead atoms. The number of benzene rings is 1. The van der Waals surface area contributed by atoms with Crippen molar-refractivity contribution in [1.82, 2.24) is 15.3 Å². The summed E-state index contributed by atoms with van der Waals surface area (Å²) in [5.74, 6) is -0.400. The molecule has 1 unspecified atom stereocenters. The Kier molecular flexibility index (Phi) is 5.74. The van der Waals surface area contributed by atoms with Gasteiger partial charge in [0.15, 0.2) is 5.16 Å². The second-order valence-electron chi connectivity index (χ2n) is 4.12. The summed E-state index contributed by atoms with van der Waals surface area (Å²) in [6.07, 6.45) is 1.33. The lowest BCUT2D eigenvalue weighted by Crippen LogP contribution is -2.41. The highest BCUT2D eigenvalue weighted by atomic mass is 35.6. The third kappa shape index (κ3) is 4.91. The first-order valence-electron chi connectivity index (χ1n) is 6.01. The van der Waals surface area contributed by atoms with Crippen molar-refractivity contribution < 1.29 is 4.79 Å². The van der Waals surface area contributed by atoms with E-state index in [9.17, 15) is 9.59 Å². The summed E-state index contributed by atoms with van der Waals surface area (Å²) in [7, 11) is 0. The van der Waals surface area contributed by atoms with Crippen LogP contribution in [0.4, 0.5) is 0 Å². The van der Waals surface area contributed by atoms with Crippen LogP contribution in [0.15, 0.2) is 52.5 Å². The number of amides is 1. The highest BCUT2D eigenvalue weighted by molar-refractivity contribution is 8.00. The van der Waals surface area contributed by atoms with Gasteiger partial charge in [-0.3, -0.25) is 9.59 Å². The van der Waals surface area contributed by atoms with Crippen molar-refractivity contribution in [3.63, 3.8) is 0 Å². The van der Waals surface area contributed by atoms with E-state index in [1.165, 1.54) is 12.3 Å². The van der Waals surface area contributed by atoms with Crippen LogP contribution in [0.5, 0.6) is 0 Å². The monoisotopic (exact) mass is 377 g/mol. The van der Waals surface area contributed by atoms with Crippen LogP contribution in [0.1, 0.15) is 10.4 Å². The van der Waals surface area contributed by atoms with Gasteiger partial charge in [0.05, 0.1) is 0 Å². The van der Waals surface area contributed by atoms with Gasteiger partial charge in [-0.25, -0.2) is 4.98 Å². The first kappa shape index (κ1) is 17.1. The predicted molar refractivity (Wildman–Crippen MR) is 88.7 cm³/mol. The summed E-state index contributed by atoms with van der Waals surface area (Å²) in [4.78, 5) is 29.9. The van der Waals surface area contributed by atoms with Crippen molar-refractivity contribution >= 4 is 52.5 Å². The van der Waals surface area contributed by atoms with Crippen LogP contribution >= 0.6 is 46.6 Å². The van der Waals surface area contributed by atoms with Gasteiger partial charge >= 0.3 is 0 Å². The van der Waals surface area contributed by atoms with Gasteiger partial charge in [0, 0.05) is 17.8 Å². The molecule has 0 saturated carbocycles. The quantitative estimate of drug-likeness (QED) is 0.371. The van der Waals surface area contributed by atoms with Crippen molar-refractivity contribution in [3.05, 3.63) is 58.5 Å². The van der Waals surface area contributed by atoms with E-state index in [1.54, 1.807) is 30.3 Å². The zero-order valence-electron chi connectivity index (χ0n) is 10.9. The van der Waals surface area contributed by atoms with Gasteiger partial charge in [0.25, 0.3) is 11.5 Å². The van der Waals surface area contributed by atoms with Crippen LogP contribution in [0.25, 0.3) is 0 Å². The number of aromatic amines is 1. The first-order chi connectivity index (χ1) is 10.4. The lowest BCUT2D eigenvalue weighted by Gasteiger charge is -2.24. The predicted octanol–water partition coefficient (Wildman–Crippen LogP) is 2.99. The van der Waals surface area contributed by atoms with Crippen molar-refractivity contribution in [2.45, 2.75) is 14.3 Å². The molecule has 0 aliphatic rings. The summed E-state index contributed by atoms with van der Waals surface area (Å²) in [5.41, 5.74) is 0.0896. The number of hydrogen-bond donors (Lipinski definition) is 2. The van der Waals surface area contributed by atoms with Gasteiger partial charge < -0.3 is 10.3 Å². The molecule has 5 nitrogen and oxygen atoms in total. The number of rotatable bonds is 4. The third-order valence-corrected chi connectivity index (χ3v) is 4.65. The third-order valence-electron chi connectivity index (χ3n) is 2.47. The number of hydrogen-bond acceptors (Lipinski definition) is 4. The molecule has 9 heteroatoms. The van der Waals surface area contributed by atoms with Gasteiger partial charge in [-0.05, 0) is 12.1 Å². The topological polar surface area (TPSA) is 74.8 Å². The lowest BCUT2D eigenvalue weighted by molar-refractivity contribution is 0.0950. The summed E-state index contributed by atoms with van der Waals surface area (Å²) < 4.78 is -1.79. The molecule has 2 rings (SSSR count). The van der Waals surface area contributed by atoms with Crippen LogP contribution in [0, 0.1) is 0 Å². The van der Waals surface area contributed by atoms with Crippen LogP contribution in [0.2, 0.25) is 0 Å². The number of carbonyl (C=O) groups excluding carboxylic acids is 1. The average Bonchev–Trinajstić information content (AvgIpc) is 2.46. The molecule has 1 heterocycles. The molecule has 0 spiro atoms. The summed E-state index contributed by atoms with van der Waals surface area (Å²) >= 11 is 18.6. The fourth-order valence-electron chi connectivity index (χ4n) is 1.49. The van der Waals surface area contributed by atoms with Crippen molar-refractivity contribution in [1.29, 1.82) is 0 Å². The van der Waals surface area contributed by atoms with Crippen LogP contribution in [0.3, 0.4) is 0 Å². The van der Waals surface area contributed by atoms with Crippen LogP contribution in [-0.4, -0.2) is 25.0 Å². The Balaban J connectivity index is 2.17. The molecule has 1 atom stereocenters. The minimum absolute atomic E-state index is 0.234. The second-order valence-corrected chi connectivity index (χ2v) is 7.58. The Morgan fingerprint density at radius 1 is 1.23 bits per heavy atom. The van der Waals surface area contributed by atoms with E-state index in [0.717, 1.165) is 11.8 Å². The van der Waals surface area contributed by atoms with Crippen molar-refractivity contribution in [2.24, 2.45) is 0 Å². The normalized spacial score (nSPS) is 12.7. The Labute approximate surface area is 145 Å². The zero-order valence-corrected chi connectivity index (χ0v) is 14.0. The molecule has 0 fully saturated rings. The van der Waals surface area contributed by atoms with Gasteiger partial charge in [0.2, 0.25) is 3.79 Å². The maximum Gasteiger partial charge on any atom is 0.252 e. The molecule has 0 radical (unpaired) electrons. The summed E-state index contributed by atoms with van der Waals surface area (Å²) in [6.45, 7) is 0. The van der Waals surface area contributed by atoms with E-state index in [1.807, 2.05) is 0 Å². The highest BCUT2D eigenvalue weighted by Crippen LogP contribution is 2.38. The number of nitrogens with one attached hydrogen (secondary N) is 2. The van der Waals surface area contributed by atoms with E-state index in [0.29, 0.717) is 5.56 Å². The fourth-order valence-corrected chi connectivity index (χ4v) is 2.86.